The van der Waals surface area contributed by atoms with Crippen molar-refractivity contribution in [3.8, 4) is 11.5 Å². The second-order valence-corrected chi connectivity index (χ2v) is 5.92. The summed E-state index contributed by atoms with van der Waals surface area (Å²) in [5, 5.41) is 0. The van der Waals surface area contributed by atoms with Gasteiger partial charge in [0.1, 0.15) is 24.7 Å². The van der Waals surface area contributed by atoms with E-state index in [9.17, 15) is 0 Å². The highest BCUT2D eigenvalue weighted by Crippen LogP contribution is 2.27. The monoisotopic (exact) mass is 331 g/mol. The molecule has 25 heavy (non-hydrogen) atoms. The van der Waals surface area contributed by atoms with Crippen LogP contribution in [0.1, 0.15) is 23.1 Å². The average molecular weight is 331 g/mol. The van der Waals surface area contributed by atoms with Crippen LogP contribution in [0.25, 0.3) is 0 Å². The zero-order valence-corrected chi connectivity index (χ0v) is 14.4. The van der Waals surface area contributed by atoms with E-state index in [4.69, 9.17) is 9.47 Å². The lowest BCUT2D eigenvalue weighted by Gasteiger charge is -2.14. The van der Waals surface area contributed by atoms with Gasteiger partial charge in [-0.25, -0.2) is 0 Å². The number of ether oxygens (including phenoxy) is 2. The molecule has 0 amide bonds. The zero-order valence-electron chi connectivity index (χ0n) is 14.4. The minimum Gasteiger partial charge on any atom is -0.489 e. The lowest BCUT2D eigenvalue weighted by Crippen LogP contribution is -2.00. The Morgan fingerprint density at radius 1 is 0.680 bits per heavy atom. The maximum Gasteiger partial charge on any atom is 0.126 e. The van der Waals surface area contributed by atoms with Crippen LogP contribution in [0.3, 0.4) is 0 Å². The largest absolute Gasteiger partial charge is 0.489 e. The fourth-order valence-electron chi connectivity index (χ4n) is 2.63. The maximum atomic E-state index is 6.06. The summed E-state index contributed by atoms with van der Waals surface area (Å²) in [6.45, 7) is 5.05. The summed E-state index contributed by atoms with van der Waals surface area (Å²) in [4.78, 5) is 0. The molecule has 0 aromatic heterocycles. The molecule has 0 unspecified atom stereocenters. The average Bonchev–Trinajstić information content (AvgIpc) is 2.68. The van der Waals surface area contributed by atoms with Crippen molar-refractivity contribution in [3.05, 3.63) is 102 Å². The molecule has 0 fully saturated rings. The van der Waals surface area contributed by atoms with E-state index in [0.29, 0.717) is 13.2 Å². The molecule has 0 aliphatic heterocycles. The van der Waals surface area contributed by atoms with Gasteiger partial charge in [0.05, 0.1) is 0 Å². The summed E-state index contributed by atoms with van der Waals surface area (Å²) in [6, 6.07) is 26.4. The fourth-order valence-corrected chi connectivity index (χ4v) is 2.63. The highest BCUT2D eigenvalue weighted by Gasteiger charge is 2.07. The Hall–Kier alpha value is -2.74. The molecule has 1 radical (unpaired) electrons. The third kappa shape index (κ3) is 5.12. The smallest absolute Gasteiger partial charge is 0.126 e. The highest BCUT2D eigenvalue weighted by atomic mass is 16.5. The molecule has 2 heteroatoms. The topological polar surface area (TPSA) is 18.5 Å². The van der Waals surface area contributed by atoms with Crippen molar-refractivity contribution in [1.82, 2.24) is 0 Å². The lowest BCUT2D eigenvalue weighted by atomic mass is 10.1. The van der Waals surface area contributed by atoms with Gasteiger partial charge in [-0.15, -0.1) is 0 Å². The van der Waals surface area contributed by atoms with Crippen LogP contribution in [0.2, 0.25) is 0 Å². The SMILES string of the molecule is [CH2]CCc1ccc(OCc2ccccc2)cc1OCc1ccccc1. The van der Waals surface area contributed by atoms with Gasteiger partial charge in [0, 0.05) is 6.07 Å². The Morgan fingerprint density at radius 2 is 1.28 bits per heavy atom. The van der Waals surface area contributed by atoms with E-state index in [2.05, 4.69) is 37.3 Å². The fraction of sp³-hybridized carbons (Fsp3) is 0.174. The molecule has 127 valence electrons. The van der Waals surface area contributed by atoms with Crippen LogP contribution >= 0.6 is 0 Å². The van der Waals surface area contributed by atoms with E-state index >= 15 is 0 Å². The molecule has 0 atom stereocenters. The first kappa shape index (κ1) is 17.1. The van der Waals surface area contributed by atoms with Gasteiger partial charge in [0.15, 0.2) is 0 Å². The van der Waals surface area contributed by atoms with Crippen LogP contribution in [0.4, 0.5) is 0 Å². The number of hydrogen-bond donors (Lipinski definition) is 0. The zero-order chi connectivity index (χ0) is 17.3. The minimum absolute atomic E-state index is 0.549. The van der Waals surface area contributed by atoms with Crippen molar-refractivity contribution in [2.75, 3.05) is 0 Å². The number of benzene rings is 3. The van der Waals surface area contributed by atoms with Crippen molar-refractivity contribution in [1.29, 1.82) is 0 Å². The van der Waals surface area contributed by atoms with E-state index < -0.39 is 0 Å². The lowest BCUT2D eigenvalue weighted by molar-refractivity contribution is 0.288. The summed E-state index contributed by atoms with van der Waals surface area (Å²) < 4.78 is 12.0. The molecular formula is C23H23O2. The van der Waals surface area contributed by atoms with Crippen molar-refractivity contribution >= 4 is 0 Å². The molecule has 0 heterocycles. The molecule has 0 N–H and O–H groups in total. The second kappa shape index (κ2) is 8.93. The Labute approximate surface area is 150 Å². The van der Waals surface area contributed by atoms with E-state index in [1.807, 2.05) is 48.5 Å². The first-order valence-electron chi connectivity index (χ1n) is 8.61. The van der Waals surface area contributed by atoms with E-state index in [0.717, 1.165) is 41.0 Å². The summed E-state index contributed by atoms with van der Waals surface area (Å²) in [7, 11) is 0. The molecule has 0 aliphatic carbocycles. The van der Waals surface area contributed by atoms with Gasteiger partial charge in [0.25, 0.3) is 0 Å². The molecule has 3 aromatic carbocycles. The van der Waals surface area contributed by atoms with Crippen LogP contribution in [-0.4, -0.2) is 0 Å². The Balaban J connectivity index is 1.70. The molecule has 0 saturated carbocycles. The highest BCUT2D eigenvalue weighted by molar-refractivity contribution is 5.41. The van der Waals surface area contributed by atoms with Gasteiger partial charge >= 0.3 is 0 Å². The molecule has 0 saturated heterocycles. The van der Waals surface area contributed by atoms with Gasteiger partial charge in [0.2, 0.25) is 0 Å². The quantitative estimate of drug-likeness (QED) is 0.534. The van der Waals surface area contributed by atoms with Crippen molar-refractivity contribution < 1.29 is 9.47 Å². The molecule has 2 nitrogen and oxygen atoms in total. The van der Waals surface area contributed by atoms with Gasteiger partial charge in [-0.1, -0.05) is 73.7 Å². The van der Waals surface area contributed by atoms with Gasteiger partial charge < -0.3 is 9.47 Å². The second-order valence-electron chi connectivity index (χ2n) is 5.92. The van der Waals surface area contributed by atoms with Crippen LogP contribution < -0.4 is 9.47 Å². The number of hydrogen-bond acceptors (Lipinski definition) is 2. The summed E-state index contributed by atoms with van der Waals surface area (Å²) in [5.41, 5.74) is 3.47. The Kier molecular flexibility index (Phi) is 6.11. The van der Waals surface area contributed by atoms with E-state index in [1.165, 1.54) is 0 Å². The molecule has 0 spiro atoms. The van der Waals surface area contributed by atoms with Gasteiger partial charge in [-0.05, 0) is 35.6 Å². The minimum atomic E-state index is 0.549. The first-order chi connectivity index (χ1) is 12.3. The van der Waals surface area contributed by atoms with Gasteiger partial charge in [-0.2, -0.15) is 0 Å². The Bertz CT molecular complexity index is 767. The van der Waals surface area contributed by atoms with Crippen molar-refractivity contribution in [2.24, 2.45) is 0 Å². The number of aryl methyl sites for hydroxylation is 1. The van der Waals surface area contributed by atoms with Crippen molar-refractivity contribution in [3.63, 3.8) is 0 Å². The van der Waals surface area contributed by atoms with Crippen molar-refractivity contribution in [2.45, 2.75) is 26.1 Å². The Morgan fingerprint density at radius 3 is 1.88 bits per heavy atom. The number of rotatable bonds is 8. The molecule has 0 bridgehead atoms. The summed E-state index contributed by atoms with van der Waals surface area (Å²) >= 11 is 0. The third-order valence-electron chi connectivity index (χ3n) is 3.97. The molecular weight excluding hydrogens is 308 g/mol. The molecule has 0 aliphatic rings. The maximum absolute atomic E-state index is 6.06. The van der Waals surface area contributed by atoms with E-state index in [1.54, 1.807) is 0 Å². The van der Waals surface area contributed by atoms with Crippen LogP contribution in [0.5, 0.6) is 11.5 Å². The van der Waals surface area contributed by atoms with Crippen LogP contribution in [0, 0.1) is 6.92 Å². The first-order valence-corrected chi connectivity index (χ1v) is 8.61. The third-order valence-corrected chi connectivity index (χ3v) is 3.97. The molecule has 3 rings (SSSR count). The summed E-state index contributed by atoms with van der Waals surface area (Å²) in [6.07, 6.45) is 1.73. The predicted molar refractivity (Wildman–Crippen MR) is 102 cm³/mol. The van der Waals surface area contributed by atoms with Crippen LogP contribution in [-0.2, 0) is 19.6 Å². The predicted octanol–water partition coefficient (Wildman–Crippen LogP) is 5.61. The normalized spacial score (nSPS) is 10.4. The van der Waals surface area contributed by atoms with E-state index in [-0.39, 0.29) is 0 Å². The standard InChI is InChI=1S/C23H23O2/c1-2-9-21-14-15-22(24-17-19-10-5-3-6-11-19)16-23(21)25-18-20-12-7-4-8-13-20/h3-8,10-16H,1-2,9,17-18H2. The van der Waals surface area contributed by atoms with Crippen LogP contribution in [0.15, 0.2) is 78.9 Å². The summed E-state index contributed by atoms with van der Waals surface area (Å²) in [5.74, 6) is 1.69. The van der Waals surface area contributed by atoms with Gasteiger partial charge in [-0.3, -0.25) is 0 Å². The molecule has 3 aromatic rings.